The van der Waals surface area contributed by atoms with Gasteiger partial charge >= 0.3 is 5.69 Å². The van der Waals surface area contributed by atoms with Gasteiger partial charge in [0.1, 0.15) is 6.23 Å². The summed E-state index contributed by atoms with van der Waals surface area (Å²) in [4.78, 5) is 18.0. The van der Waals surface area contributed by atoms with Crippen molar-refractivity contribution in [1.29, 1.82) is 0 Å². The van der Waals surface area contributed by atoms with Crippen LogP contribution in [0.4, 0.5) is 0 Å². The van der Waals surface area contributed by atoms with Gasteiger partial charge in [-0.05, 0) is 18.0 Å². The highest BCUT2D eigenvalue weighted by molar-refractivity contribution is 5.01. The van der Waals surface area contributed by atoms with Crippen LogP contribution in [0.25, 0.3) is 10.4 Å². The van der Waals surface area contributed by atoms with Crippen molar-refractivity contribution in [2.75, 3.05) is 6.61 Å². The van der Waals surface area contributed by atoms with Gasteiger partial charge in [0.2, 0.25) is 0 Å². The molecule has 0 saturated carbocycles. The third-order valence-corrected chi connectivity index (χ3v) is 2.84. The molecule has 2 heterocycles. The van der Waals surface area contributed by atoms with Gasteiger partial charge in [-0.25, -0.2) is 9.78 Å². The van der Waals surface area contributed by atoms with Crippen molar-refractivity contribution in [3.05, 3.63) is 38.9 Å². The fraction of sp³-hybridized carbons (Fsp3) is 0.600. The molecular weight excluding hydrogens is 238 g/mol. The van der Waals surface area contributed by atoms with Gasteiger partial charge in [0.05, 0.1) is 18.8 Å². The van der Waals surface area contributed by atoms with Gasteiger partial charge in [-0.3, -0.25) is 4.57 Å². The van der Waals surface area contributed by atoms with E-state index in [1.807, 2.05) is 6.92 Å². The Labute approximate surface area is 102 Å². The summed E-state index contributed by atoms with van der Waals surface area (Å²) >= 11 is 0. The molecule has 2 rings (SSSR count). The molecule has 1 fully saturated rings. The van der Waals surface area contributed by atoms with E-state index in [0.717, 1.165) is 5.56 Å². The maximum atomic E-state index is 11.6. The zero-order valence-electron chi connectivity index (χ0n) is 9.80. The van der Waals surface area contributed by atoms with Crippen LogP contribution in [0.2, 0.25) is 0 Å². The van der Waals surface area contributed by atoms with Gasteiger partial charge in [-0.2, -0.15) is 0 Å². The third-order valence-electron chi connectivity index (χ3n) is 2.84. The number of ether oxygens (including phenoxy) is 1. The van der Waals surface area contributed by atoms with Crippen LogP contribution in [0, 0.1) is 6.92 Å². The van der Waals surface area contributed by atoms with Gasteiger partial charge in [-0.15, -0.1) is 0 Å². The molecule has 0 radical (unpaired) electrons. The van der Waals surface area contributed by atoms with E-state index >= 15 is 0 Å². The van der Waals surface area contributed by atoms with Crippen LogP contribution in [0.3, 0.4) is 0 Å². The summed E-state index contributed by atoms with van der Waals surface area (Å²) in [6, 6.07) is -0.475. The standard InChI is InChI=1S/C10H13N5O3/c1-6-3-12-10(17)15(4-6)9-2-7(13-14-11)8(5-16)18-9/h3-4,7-9,16H,2,5H2,1H3/t7-,8+,9+/m0/s1. The topological polar surface area (TPSA) is 113 Å². The fourth-order valence-electron chi connectivity index (χ4n) is 1.98. The van der Waals surface area contributed by atoms with E-state index in [9.17, 15) is 4.79 Å². The van der Waals surface area contributed by atoms with Crippen molar-refractivity contribution in [3.8, 4) is 0 Å². The lowest BCUT2D eigenvalue weighted by atomic mass is 10.1. The van der Waals surface area contributed by atoms with Gasteiger partial charge in [0, 0.05) is 23.7 Å². The first-order chi connectivity index (χ1) is 8.65. The molecule has 1 saturated heterocycles. The molecule has 0 amide bonds. The zero-order valence-corrected chi connectivity index (χ0v) is 9.80. The lowest BCUT2D eigenvalue weighted by molar-refractivity contribution is -0.0271. The third kappa shape index (κ3) is 2.35. The number of azide groups is 1. The van der Waals surface area contributed by atoms with Crippen molar-refractivity contribution in [2.45, 2.75) is 31.7 Å². The molecule has 1 aliphatic rings. The van der Waals surface area contributed by atoms with Crippen molar-refractivity contribution >= 4 is 0 Å². The Kier molecular flexibility index (Phi) is 3.61. The Balaban J connectivity index is 2.28. The first kappa shape index (κ1) is 12.6. The van der Waals surface area contributed by atoms with Gasteiger partial charge in [0.15, 0.2) is 0 Å². The average Bonchev–Trinajstić information content (AvgIpc) is 2.76. The number of hydrogen-bond donors (Lipinski definition) is 1. The lowest BCUT2D eigenvalue weighted by Gasteiger charge is -2.14. The Morgan fingerprint density at radius 3 is 3.22 bits per heavy atom. The van der Waals surface area contributed by atoms with E-state index in [2.05, 4.69) is 15.0 Å². The predicted octanol–water partition coefficient (Wildman–Crippen LogP) is 0.510. The van der Waals surface area contributed by atoms with Crippen LogP contribution in [0.5, 0.6) is 0 Å². The van der Waals surface area contributed by atoms with E-state index in [-0.39, 0.29) is 6.61 Å². The highest BCUT2D eigenvalue weighted by Gasteiger charge is 2.35. The summed E-state index contributed by atoms with van der Waals surface area (Å²) in [6.07, 6.45) is 2.31. The Bertz CT molecular complexity index is 537. The van der Waals surface area contributed by atoms with E-state index in [1.54, 1.807) is 6.20 Å². The molecule has 18 heavy (non-hydrogen) atoms. The Morgan fingerprint density at radius 2 is 2.56 bits per heavy atom. The van der Waals surface area contributed by atoms with E-state index in [4.69, 9.17) is 15.4 Å². The molecule has 0 aliphatic carbocycles. The molecule has 3 atom stereocenters. The number of aromatic nitrogens is 2. The minimum atomic E-state index is -0.585. The van der Waals surface area contributed by atoms with Crippen molar-refractivity contribution < 1.29 is 9.84 Å². The predicted molar refractivity (Wildman–Crippen MR) is 61.8 cm³/mol. The molecular formula is C10H13N5O3. The monoisotopic (exact) mass is 251 g/mol. The van der Waals surface area contributed by atoms with E-state index < -0.39 is 24.1 Å². The molecule has 1 N–H and O–H groups in total. The van der Waals surface area contributed by atoms with Crippen molar-refractivity contribution in [3.63, 3.8) is 0 Å². The van der Waals surface area contributed by atoms with E-state index in [1.165, 1.54) is 10.8 Å². The van der Waals surface area contributed by atoms with Crippen molar-refractivity contribution in [2.24, 2.45) is 5.11 Å². The molecule has 1 aromatic heterocycles. The maximum Gasteiger partial charge on any atom is 0.349 e. The lowest BCUT2D eigenvalue weighted by Crippen LogP contribution is -2.27. The largest absolute Gasteiger partial charge is 0.394 e. The van der Waals surface area contributed by atoms with Gasteiger partial charge < -0.3 is 9.84 Å². The fourth-order valence-corrected chi connectivity index (χ4v) is 1.98. The Morgan fingerprint density at radius 1 is 1.78 bits per heavy atom. The molecule has 8 nitrogen and oxygen atoms in total. The molecule has 96 valence electrons. The normalized spacial score (nSPS) is 26.9. The summed E-state index contributed by atoms with van der Waals surface area (Å²) in [6.45, 7) is 1.56. The number of aliphatic hydroxyl groups is 1. The van der Waals surface area contributed by atoms with Gasteiger partial charge in [-0.1, -0.05) is 5.11 Å². The average molecular weight is 251 g/mol. The molecule has 0 spiro atoms. The maximum absolute atomic E-state index is 11.6. The second-order valence-corrected chi connectivity index (χ2v) is 4.14. The van der Waals surface area contributed by atoms with Crippen LogP contribution < -0.4 is 5.69 Å². The molecule has 0 unspecified atom stereocenters. The second-order valence-electron chi connectivity index (χ2n) is 4.14. The van der Waals surface area contributed by atoms with Gasteiger partial charge in [0.25, 0.3) is 0 Å². The quantitative estimate of drug-likeness (QED) is 0.479. The summed E-state index contributed by atoms with van der Waals surface area (Å²) in [5.41, 5.74) is 8.83. The summed E-state index contributed by atoms with van der Waals surface area (Å²) in [7, 11) is 0. The summed E-state index contributed by atoms with van der Waals surface area (Å²) in [5.74, 6) is 0. The number of aryl methyl sites for hydroxylation is 1. The second kappa shape index (κ2) is 5.18. The molecule has 0 bridgehead atoms. The van der Waals surface area contributed by atoms with Crippen LogP contribution in [0.15, 0.2) is 22.3 Å². The van der Waals surface area contributed by atoms with Crippen LogP contribution in [-0.4, -0.2) is 33.4 Å². The van der Waals surface area contributed by atoms with Crippen LogP contribution >= 0.6 is 0 Å². The zero-order chi connectivity index (χ0) is 13.1. The first-order valence-electron chi connectivity index (χ1n) is 5.51. The summed E-state index contributed by atoms with van der Waals surface area (Å²) < 4.78 is 6.86. The van der Waals surface area contributed by atoms with Crippen molar-refractivity contribution in [1.82, 2.24) is 9.55 Å². The molecule has 1 aliphatic heterocycles. The Hall–Kier alpha value is -1.89. The summed E-state index contributed by atoms with van der Waals surface area (Å²) in [5, 5.41) is 12.7. The SMILES string of the molecule is Cc1cnc(=O)n([C@H]2C[C@H](N=[N+]=[N-])[C@@H](CO)O2)c1. The van der Waals surface area contributed by atoms with Crippen LogP contribution in [-0.2, 0) is 4.74 Å². The highest BCUT2D eigenvalue weighted by Crippen LogP contribution is 2.29. The number of nitrogens with zero attached hydrogens (tertiary/aromatic N) is 5. The van der Waals surface area contributed by atoms with Crippen LogP contribution in [0.1, 0.15) is 18.2 Å². The number of aliphatic hydroxyl groups excluding tert-OH is 1. The molecule has 0 aromatic carbocycles. The minimum Gasteiger partial charge on any atom is -0.394 e. The number of hydrogen-bond acceptors (Lipinski definition) is 5. The highest BCUT2D eigenvalue weighted by atomic mass is 16.5. The number of rotatable bonds is 3. The smallest absolute Gasteiger partial charge is 0.349 e. The molecule has 1 aromatic rings. The molecule has 8 heteroatoms. The minimum absolute atomic E-state index is 0.256. The first-order valence-corrected chi connectivity index (χ1v) is 5.51. The van der Waals surface area contributed by atoms with E-state index in [0.29, 0.717) is 6.42 Å².